The average Bonchev–Trinajstić information content (AvgIpc) is 2.82. The molecule has 3 rings (SSSR count). The highest BCUT2D eigenvalue weighted by Gasteiger charge is 2.24. The lowest BCUT2D eigenvalue weighted by atomic mass is 10.0. The van der Waals surface area contributed by atoms with Crippen molar-refractivity contribution in [2.24, 2.45) is 0 Å². The van der Waals surface area contributed by atoms with Crippen molar-refractivity contribution in [3.63, 3.8) is 0 Å². The van der Waals surface area contributed by atoms with Crippen LogP contribution in [0.4, 0.5) is 0 Å². The number of ether oxygens (including phenoxy) is 2. The normalized spacial score (nSPS) is 13.6. The molecule has 7 heteroatoms. The minimum Gasteiger partial charge on any atom is -0.494 e. The number of amides is 2. The maximum atomic E-state index is 12.5. The van der Waals surface area contributed by atoms with E-state index in [-0.39, 0.29) is 37.0 Å². The molecule has 2 aromatic rings. The van der Waals surface area contributed by atoms with Gasteiger partial charge in [0.25, 0.3) is 5.91 Å². The van der Waals surface area contributed by atoms with Gasteiger partial charge in [0.15, 0.2) is 12.4 Å². The van der Waals surface area contributed by atoms with E-state index in [1.807, 2.05) is 26.0 Å². The first kappa shape index (κ1) is 23.3. The first-order valence-corrected chi connectivity index (χ1v) is 11.0. The zero-order valence-electron chi connectivity index (χ0n) is 18.7. The third kappa shape index (κ3) is 6.57. The SMILES string of the molecule is CCOc1ccc(OCC(=O)N2CCN(C(=O)CCC(=O)c3ccc(C)cc3)CC2)cc1. The number of rotatable bonds is 9. The molecule has 1 fully saturated rings. The van der Waals surface area contributed by atoms with E-state index in [9.17, 15) is 14.4 Å². The van der Waals surface area contributed by atoms with E-state index in [1.165, 1.54) is 0 Å². The van der Waals surface area contributed by atoms with Gasteiger partial charge in [0.05, 0.1) is 6.61 Å². The van der Waals surface area contributed by atoms with E-state index < -0.39 is 0 Å². The van der Waals surface area contributed by atoms with Gasteiger partial charge < -0.3 is 19.3 Å². The van der Waals surface area contributed by atoms with E-state index in [2.05, 4.69) is 0 Å². The molecule has 32 heavy (non-hydrogen) atoms. The summed E-state index contributed by atoms with van der Waals surface area (Å²) < 4.78 is 11.0. The summed E-state index contributed by atoms with van der Waals surface area (Å²) in [6.07, 6.45) is 0.373. The fourth-order valence-corrected chi connectivity index (χ4v) is 3.50. The van der Waals surface area contributed by atoms with E-state index in [0.717, 1.165) is 11.3 Å². The van der Waals surface area contributed by atoms with Crippen LogP contribution in [0.3, 0.4) is 0 Å². The van der Waals surface area contributed by atoms with Gasteiger partial charge in [0, 0.05) is 44.6 Å². The Morgan fingerprint density at radius 2 is 1.28 bits per heavy atom. The maximum absolute atomic E-state index is 12.5. The Labute approximate surface area is 188 Å². The topological polar surface area (TPSA) is 76.2 Å². The van der Waals surface area contributed by atoms with Gasteiger partial charge in [-0.1, -0.05) is 29.8 Å². The Kier molecular flexibility index (Phi) is 8.25. The third-order valence-electron chi connectivity index (χ3n) is 5.42. The predicted octanol–water partition coefficient (Wildman–Crippen LogP) is 3.11. The molecule has 0 N–H and O–H groups in total. The Morgan fingerprint density at radius 3 is 1.84 bits per heavy atom. The van der Waals surface area contributed by atoms with Crippen LogP contribution in [0, 0.1) is 6.92 Å². The van der Waals surface area contributed by atoms with Gasteiger partial charge in [0.1, 0.15) is 11.5 Å². The summed E-state index contributed by atoms with van der Waals surface area (Å²) in [5.74, 6) is 1.17. The van der Waals surface area contributed by atoms with Gasteiger partial charge >= 0.3 is 0 Å². The van der Waals surface area contributed by atoms with Crippen molar-refractivity contribution in [3.05, 3.63) is 59.7 Å². The molecule has 1 aliphatic rings. The quantitative estimate of drug-likeness (QED) is 0.563. The molecule has 0 aromatic heterocycles. The Bertz CT molecular complexity index is 916. The molecule has 0 unspecified atom stereocenters. The van der Waals surface area contributed by atoms with E-state index in [4.69, 9.17) is 9.47 Å². The number of benzene rings is 2. The second-order valence-corrected chi connectivity index (χ2v) is 7.74. The lowest BCUT2D eigenvalue weighted by molar-refractivity contribution is -0.140. The van der Waals surface area contributed by atoms with Crippen LogP contribution in [0.5, 0.6) is 11.5 Å². The lowest BCUT2D eigenvalue weighted by Crippen LogP contribution is -2.51. The molecule has 0 spiro atoms. The molecule has 0 bridgehead atoms. The minimum absolute atomic E-state index is 0.0291. The van der Waals surface area contributed by atoms with Crippen molar-refractivity contribution in [1.29, 1.82) is 0 Å². The number of hydrogen-bond acceptors (Lipinski definition) is 5. The second kappa shape index (κ2) is 11.3. The molecule has 1 heterocycles. The molecule has 1 saturated heterocycles. The Morgan fingerprint density at radius 1 is 0.750 bits per heavy atom. The highest BCUT2D eigenvalue weighted by Crippen LogP contribution is 2.18. The Hall–Kier alpha value is -3.35. The van der Waals surface area contributed by atoms with Crippen molar-refractivity contribution in [2.45, 2.75) is 26.7 Å². The molecule has 2 aromatic carbocycles. The molecule has 1 aliphatic heterocycles. The lowest BCUT2D eigenvalue weighted by Gasteiger charge is -2.34. The van der Waals surface area contributed by atoms with Crippen molar-refractivity contribution in [3.8, 4) is 11.5 Å². The monoisotopic (exact) mass is 438 g/mol. The van der Waals surface area contributed by atoms with Crippen LogP contribution >= 0.6 is 0 Å². The predicted molar refractivity (Wildman–Crippen MR) is 121 cm³/mol. The number of nitrogens with zero attached hydrogens (tertiary/aromatic N) is 2. The van der Waals surface area contributed by atoms with Gasteiger partial charge in [-0.3, -0.25) is 14.4 Å². The molecule has 0 atom stereocenters. The van der Waals surface area contributed by atoms with Crippen molar-refractivity contribution < 1.29 is 23.9 Å². The molecule has 170 valence electrons. The average molecular weight is 439 g/mol. The van der Waals surface area contributed by atoms with Gasteiger partial charge in [-0.2, -0.15) is 0 Å². The van der Waals surface area contributed by atoms with Crippen LogP contribution in [0.25, 0.3) is 0 Å². The van der Waals surface area contributed by atoms with Crippen molar-refractivity contribution in [2.75, 3.05) is 39.4 Å². The van der Waals surface area contributed by atoms with E-state index in [0.29, 0.717) is 44.1 Å². The maximum Gasteiger partial charge on any atom is 0.260 e. The van der Waals surface area contributed by atoms with Crippen LogP contribution in [-0.2, 0) is 9.59 Å². The number of piperazine rings is 1. The van der Waals surface area contributed by atoms with Crippen molar-refractivity contribution >= 4 is 17.6 Å². The number of hydrogen-bond donors (Lipinski definition) is 0. The zero-order valence-corrected chi connectivity index (χ0v) is 18.7. The van der Waals surface area contributed by atoms with Gasteiger partial charge in [-0.15, -0.1) is 0 Å². The summed E-state index contributed by atoms with van der Waals surface area (Å²) in [4.78, 5) is 40.6. The molecule has 2 amide bonds. The first-order chi connectivity index (χ1) is 15.5. The zero-order chi connectivity index (χ0) is 22.9. The van der Waals surface area contributed by atoms with E-state index >= 15 is 0 Å². The summed E-state index contributed by atoms with van der Waals surface area (Å²) in [7, 11) is 0. The third-order valence-corrected chi connectivity index (χ3v) is 5.42. The second-order valence-electron chi connectivity index (χ2n) is 7.74. The van der Waals surface area contributed by atoms with Crippen LogP contribution in [-0.4, -0.2) is 66.8 Å². The van der Waals surface area contributed by atoms with Crippen LogP contribution < -0.4 is 9.47 Å². The highest BCUT2D eigenvalue weighted by molar-refractivity contribution is 5.98. The van der Waals surface area contributed by atoms with Crippen LogP contribution in [0.15, 0.2) is 48.5 Å². The molecule has 0 saturated carbocycles. The standard InChI is InChI=1S/C25H30N2O5/c1-3-31-21-8-10-22(11-9-21)32-18-25(30)27-16-14-26(15-17-27)24(29)13-12-23(28)20-6-4-19(2)5-7-20/h4-11H,3,12-18H2,1-2H3. The molecule has 0 radical (unpaired) electrons. The summed E-state index contributed by atoms with van der Waals surface area (Å²) in [6.45, 7) is 6.28. The van der Waals surface area contributed by atoms with Crippen LogP contribution in [0.1, 0.15) is 35.7 Å². The number of carbonyl (C=O) groups is 3. The summed E-state index contributed by atoms with van der Waals surface area (Å²) in [6, 6.07) is 14.5. The minimum atomic E-state index is -0.111. The van der Waals surface area contributed by atoms with Gasteiger partial charge in [-0.05, 0) is 38.1 Å². The molecular weight excluding hydrogens is 408 g/mol. The molecule has 0 aliphatic carbocycles. The molecular formula is C25H30N2O5. The number of ketones is 1. The first-order valence-electron chi connectivity index (χ1n) is 11.0. The van der Waals surface area contributed by atoms with Crippen LogP contribution in [0.2, 0.25) is 0 Å². The summed E-state index contributed by atoms with van der Waals surface area (Å²) >= 11 is 0. The number of Topliss-reactive ketones (excluding diaryl/α,β-unsaturated/α-hetero) is 1. The number of aryl methyl sites for hydroxylation is 1. The number of carbonyl (C=O) groups excluding carboxylic acids is 3. The Balaban J connectivity index is 1.38. The summed E-state index contributed by atoms with van der Waals surface area (Å²) in [5, 5.41) is 0. The largest absolute Gasteiger partial charge is 0.494 e. The van der Waals surface area contributed by atoms with Gasteiger partial charge in [-0.25, -0.2) is 0 Å². The molecule has 7 nitrogen and oxygen atoms in total. The fourth-order valence-electron chi connectivity index (χ4n) is 3.50. The summed E-state index contributed by atoms with van der Waals surface area (Å²) in [5.41, 5.74) is 1.72. The highest BCUT2D eigenvalue weighted by atomic mass is 16.5. The smallest absolute Gasteiger partial charge is 0.260 e. The van der Waals surface area contributed by atoms with E-state index in [1.54, 1.807) is 46.2 Å². The fraction of sp³-hybridized carbons (Fsp3) is 0.400. The van der Waals surface area contributed by atoms with Gasteiger partial charge in [0.2, 0.25) is 5.91 Å². The van der Waals surface area contributed by atoms with Crippen molar-refractivity contribution in [1.82, 2.24) is 9.80 Å².